The van der Waals surface area contributed by atoms with Crippen molar-refractivity contribution in [2.45, 2.75) is 19.4 Å². The fourth-order valence-corrected chi connectivity index (χ4v) is 1.20. The number of quaternary nitrogens is 1. The molecule has 0 bridgehead atoms. The van der Waals surface area contributed by atoms with Gasteiger partial charge in [-0.25, -0.2) is 0 Å². The van der Waals surface area contributed by atoms with Crippen molar-refractivity contribution in [1.82, 2.24) is 0 Å². The highest BCUT2D eigenvalue weighted by Gasteiger charge is 2.17. The second-order valence-electron chi connectivity index (χ2n) is 4.24. The molecule has 0 aliphatic rings. The minimum absolute atomic E-state index is 0. The normalized spacial score (nSPS) is 12.9. The third-order valence-corrected chi connectivity index (χ3v) is 1.52. The molecule has 0 radical (unpaired) electrons. The van der Waals surface area contributed by atoms with Crippen molar-refractivity contribution in [3.63, 3.8) is 0 Å². The van der Waals surface area contributed by atoms with Crippen molar-refractivity contribution in [2.24, 2.45) is 5.73 Å². The molecule has 1 atom stereocenters. The Morgan fingerprint density at radius 2 is 1.93 bits per heavy atom. The van der Waals surface area contributed by atoms with Gasteiger partial charge in [0, 0.05) is 0 Å². The molecule has 0 saturated heterocycles. The van der Waals surface area contributed by atoms with Gasteiger partial charge in [0.05, 0.1) is 46.8 Å². The van der Waals surface area contributed by atoms with Crippen LogP contribution in [-0.4, -0.2) is 50.8 Å². The maximum atomic E-state index is 11.0. The number of rotatable bonds is 5. The summed E-state index contributed by atoms with van der Waals surface area (Å²) >= 11 is 0. The van der Waals surface area contributed by atoms with Crippen LogP contribution in [0.25, 0.3) is 0 Å². The van der Waals surface area contributed by atoms with E-state index in [0.717, 1.165) is 11.0 Å². The van der Waals surface area contributed by atoms with Crippen molar-refractivity contribution in [1.29, 1.82) is 0 Å². The summed E-state index contributed by atoms with van der Waals surface area (Å²) in [6.07, 6.45) is 0.309. The Morgan fingerprint density at radius 3 is 2.29 bits per heavy atom. The first kappa shape index (κ1) is 16.1. The number of nitrogens with two attached hydrogens (primary N) is 1. The summed E-state index contributed by atoms with van der Waals surface area (Å²) in [7, 11) is 6.14. The smallest absolute Gasteiger partial charge is 0.307 e. The molecule has 0 aliphatic heterocycles. The third kappa shape index (κ3) is 9.77. The first-order chi connectivity index (χ1) is 5.85. The number of carbonyl (C=O) groups is 1. The summed E-state index contributed by atoms with van der Waals surface area (Å²) < 4.78 is 5.57. The van der Waals surface area contributed by atoms with Gasteiger partial charge in [0.1, 0.15) is 0 Å². The van der Waals surface area contributed by atoms with Gasteiger partial charge in [-0.15, -0.1) is 12.4 Å². The number of esters is 1. The van der Waals surface area contributed by atoms with Crippen LogP contribution in [0.1, 0.15) is 13.3 Å². The quantitative estimate of drug-likeness (QED) is 0.544. The largest absolute Gasteiger partial charge is 0.466 e. The number of likely N-dealkylation sites (N-methyl/N-ethyl adjacent to an activating group) is 1. The Labute approximate surface area is 92.4 Å². The van der Waals surface area contributed by atoms with E-state index in [1.165, 1.54) is 0 Å². The standard InChI is InChI=1S/C9H21N2O2.ClH/c1-5-13-9(12)6-8(10)7-11(2,3)4;/h8H,5-7,10H2,1-4H3;1H/q+1;/t8-;/m0./s1. The summed E-state index contributed by atoms with van der Waals surface area (Å²) in [6, 6.07) is -0.112. The van der Waals surface area contributed by atoms with Crippen molar-refractivity contribution >= 4 is 18.4 Å². The van der Waals surface area contributed by atoms with Crippen LogP contribution < -0.4 is 5.73 Å². The molecular weight excluding hydrogens is 204 g/mol. The summed E-state index contributed by atoms with van der Waals surface area (Å²) in [5.74, 6) is -0.205. The van der Waals surface area contributed by atoms with E-state index in [1.807, 2.05) is 21.1 Å². The summed E-state index contributed by atoms with van der Waals surface area (Å²) in [5.41, 5.74) is 5.77. The molecular formula is C9H22ClN2O2+. The molecule has 0 rings (SSSR count). The minimum atomic E-state index is -0.205. The maximum absolute atomic E-state index is 11.0. The molecule has 0 aliphatic carbocycles. The van der Waals surface area contributed by atoms with E-state index < -0.39 is 0 Å². The van der Waals surface area contributed by atoms with Crippen molar-refractivity contribution in [3.8, 4) is 0 Å². The Hall–Kier alpha value is -0.320. The van der Waals surface area contributed by atoms with Gasteiger partial charge in [-0.1, -0.05) is 0 Å². The summed E-state index contributed by atoms with van der Waals surface area (Å²) in [5, 5.41) is 0. The second-order valence-corrected chi connectivity index (χ2v) is 4.24. The van der Waals surface area contributed by atoms with Gasteiger partial charge in [0.25, 0.3) is 0 Å². The predicted molar refractivity (Wildman–Crippen MR) is 59.4 cm³/mol. The fourth-order valence-electron chi connectivity index (χ4n) is 1.20. The summed E-state index contributed by atoms with van der Waals surface area (Å²) in [6.45, 7) is 3.00. The molecule has 0 aromatic rings. The Morgan fingerprint density at radius 1 is 1.43 bits per heavy atom. The highest BCUT2D eigenvalue weighted by Crippen LogP contribution is 1.98. The number of hydrogen-bond acceptors (Lipinski definition) is 3. The predicted octanol–water partition coefficient (Wildman–Crippen LogP) is 0.395. The Kier molecular flexibility index (Phi) is 8.10. The highest BCUT2D eigenvalue weighted by molar-refractivity contribution is 5.85. The molecule has 2 N–H and O–H groups in total. The lowest BCUT2D eigenvalue weighted by Gasteiger charge is -2.26. The van der Waals surface area contributed by atoms with E-state index in [9.17, 15) is 4.79 Å². The number of halogens is 1. The van der Waals surface area contributed by atoms with Gasteiger partial charge in [0.2, 0.25) is 0 Å². The fraction of sp³-hybridized carbons (Fsp3) is 0.889. The highest BCUT2D eigenvalue weighted by atomic mass is 35.5. The van der Waals surface area contributed by atoms with Crippen LogP contribution in [0.15, 0.2) is 0 Å². The van der Waals surface area contributed by atoms with Gasteiger partial charge in [-0.2, -0.15) is 0 Å². The molecule has 14 heavy (non-hydrogen) atoms. The lowest BCUT2D eigenvalue weighted by Crippen LogP contribution is -2.45. The van der Waals surface area contributed by atoms with E-state index >= 15 is 0 Å². The molecule has 0 aromatic heterocycles. The lowest BCUT2D eigenvalue weighted by atomic mass is 10.2. The van der Waals surface area contributed by atoms with Gasteiger partial charge in [-0.05, 0) is 6.92 Å². The molecule has 0 unspecified atom stereocenters. The first-order valence-electron chi connectivity index (χ1n) is 4.57. The van der Waals surface area contributed by atoms with Gasteiger partial charge < -0.3 is 15.0 Å². The summed E-state index contributed by atoms with van der Waals surface area (Å²) in [4.78, 5) is 11.0. The molecule has 0 fully saturated rings. The Bertz CT molecular complexity index is 169. The Balaban J connectivity index is 0. The van der Waals surface area contributed by atoms with Crippen molar-refractivity contribution in [2.75, 3.05) is 34.3 Å². The van der Waals surface area contributed by atoms with E-state index in [4.69, 9.17) is 10.5 Å². The zero-order valence-corrected chi connectivity index (χ0v) is 10.3. The van der Waals surface area contributed by atoms with E-state index in [1.54, 1.807) is 6.92 Å². The van der Waals surface area contributed by atoms with Gasteiger partial charge in [0.15, 0.2) is 0 Å². The molecule has 0 saturated carbocycles. The molecule has 4 nitrogen and oxygen atoms in total. The van der Waals surface area contributed by atoms with Gasteiger partial charge >= 0.3 is 5.97 Å². The van der Waals surface area contributed by atoms with Crippen molar-refractivity contribution in [3.05, 3.63) is 0 Å². The van der Waals surface area contributed by atoms with Crippen LogP contribution in [0.4, 0.5) is 0 Å². The van der Waals surface area contributed by atoms with Gasteiger partial charge in [-0.3, -0.25) is 4.79 Å². The molecule has 0 amide bonds. The third-order valence-electron chi connectivity index (χ3n) is 1.52. The van der Waals surface area contributed by atoms with Crippen LogP contribution in [0.3, 0.4) is 0 Å². The zero-order chi connectivity index (χ0) is 10.5. The number of hydrogen-bond donors (Lipinski definition) is 1. The number of ether oxygens (including phenoxy) is 1. The first-order valence-corrected chi connectivity index (χ1v) is 4.57. The molecule has 0 heterocycles. The van der Waals surface area contributed by atoms with Crippen LogP contribution >= 0.6 is 12.4 Å². The second kappa shape index (κ2) is 7.04. The van der Waals surface area contributed by atoms with Crippen LogP contribution in [0, 0.1) is 0 Å². The monoisotopic (exact) mass is 225 g/mol. The zero-order valence-electron chi connectivity index (χ0n) is 9.45. The average Bonchev–Trinajstić information content (AvgIpc) is 1.81. The number of nitrogens with zero attached hydrogens (tertiary/aromatic N) is 1. The lowest BCUT2D eigenvalue weighted by molar-refractivity contribution is -0.871. The van der Waals surface area contributed by atoms with Crippen LogP contribution in [0.5, 0.6) is 0 Å². The van der Waals surface area contributed by atoms with E-state index in [0.29, 0.717) is 13.0 Å². The van der Waals surface area contributed by atoms with E-state index in [-0.39, 0.29) is 24.4 Å². The molecule has 0 spiro atoms. The van der Waals surface area contributed by atoms with E-state index in [2.05, 4.69) is 0 Å². The van der Waals surface area contributed by atoms with Crippen LogP contribution in [0.2, 0.25) is 0 Å². The number of carbonyl (C=O) groups excluding carboxylic acids is 1. The topological polar surface area (TPSA) is 52.3 Å². The average molecular weight is 226 g/mol. The van der Waals surface area contributed by atoms with Crippen molar-refractivity contribution < 1.29 is 14.0 Å². The molecule has 0 aromatic carbocycles. The molecule has 5 heteroatoms. The van der Waals surface area contributed by atoms with Crippen LogP contribution in [-0.2, 0) is 9.53 Å². The molecule has 86 valence electrons. The SMILES string of the molecule is CCOC(=O)C[C@H](N)C[N+](C)(C)C.Cl. The maximum Gasteiger partial charge on any atom is 0.307 e. The minimum Gasteiger partial charge on any atom is -0.466 e.